The molecule has 0 bridgehead atoms. The first-order chi connectivity index (χ1) is 9.73. The van der Waals surface area contributed by atoms with E-state index in [0.29, 0.717) is 4.88 Å². The maximum Gasteiger partial charge on any atom is 0.148 e. The topological polar surface area (TPSA) is 71.4 Å². The highest BCUT2D eigenvalue weighted by molar-refractivity contribution is 8.00. The standard InChI is InChI=1S/C14H7N3S3/c1-18-14-5-4-13(20-14)12-3-2-11(19-12)10(8-17)9(6-15)7-16/h2-5H,1H3. The number of hydrogen-bond donors (Lipinski definition) is 0. The van der Waals surface area contributed by atoms with Gasteiger partial charge in [-0.3, -0.25) is 0 Å². The lowest BCUT2D eigenvalue weighted by Crippen LogP contribution is -1.81. The largest absolute Gasteiger partial charge is 0.192 e. The molecule has 0 fully saturated rings. The van der Waals surface area contributed by atoms with Crippen molar-refractivity contribution in [2.24, 2.45) is 0 Å². The molecule has 0 unspecified atom stereocenters. The zero-order valence-electron chi connectivity index (χ0n) is 10.4. The van der Waals surface area contributed by atoms with E-state index in [-0.39, 0.29) is 11.1 Å². The van der Waals surface area contributed by atoms with E-state index in [1.54, 1.807) is 41.3 Å². The van der Waals surface area contributed by atoms with E-state index in [0.717, 1.165) is 9.75 Å². The zero-order valence-corrected chi connectivity index (χ0v) is 12.8. The van der Waals surface area contributed by atoms with Crippen LogP contribution in [0.15, 0.2) is 34.0 Å². The van der Waals surface area contributed by atoms with Gasteiger partial charge < -0.3 is 0 Å². The molecule has 6 heteroatoms. The molecule has 2 aromatic rings. The lowest BCUT2D eigenvalue weighted by Gasteiger charge is -1.92. The molecule has 0 atom stereocenters. The predicted molar refractivity (Wildman–Crippen MR) is 83.2 cm³/mol. The van der Waals surface area contributed by atoms with Gasteiger partial charge in [-0.15, -0.1) is 34.4 Å². The summed E-state index contributed by atoms with van der Waals surface area (Å²) in [6.07, 6.45) is 2.03. The zero-order chi connectivity index (χ0) is 14.5. The second-order valence-electron chi connectivity index (χ2n) is 3.57. The number of allylic oxidation sites excluding steroid dienone is 2. The number of nitriles is 3. The SMILES string of the molecule is CSc1ccc(-c2ccc(C(C#N)=C(C#N)C#N)s2)s1. The van der Waals surface area contributed by atoms with Gasteiger partial charge in [-0.05, 0) is 30.5 Å². The first-order valence-electron chi connectivity index (χ1n) is 5.42. The van der Waals surface area contributed by atoms with Crippen molar-refractivity contribution >= 4 is 40.0 Å². The van der Waals surface area contributed by atoms with Crippen LogP contribution in [-0.2, 0) is 0 Å². The lowest BCUT2D eigenvalue weighted by atomic mass is 10.1. The Labute approximate surface area is 129 Å². The summed E-state index contributed by atoms with van der Waals surface area (Å²) in [5.74, 6) is 0. The second-order valence-corrected chi connectivity index (χ2v) is 6.85. The van der Waals surface area contributed by atoms with E-state index in [2.05, 4.69) is 6.07 Å². The van der Waals surface area contributed by atoms with Crippen molar-refractivity contribution in [3.63, 3.8) is 0 Å². The van der Waals surface area contributed by atoms with Gasteiger partial charge in [0, 0.05) is 14.6 Å². The monoisotopic (exact) mass is 313 g/mol. The molecule has 20 heavy (non-hydrogen) atoms. The van der Waals surface area contributed by atoms with Crippen LogP contribution in [0.3, 0.4) is 0 Å². The van der Waals surface area contributed by atoms with Crippen LogP contribution >= 0.6 is 34.4 Å². The van der Waals surface area contributed by atoms with Gasteiger partial charge in [-0.25, -0.2) is 0 Å². The minimum Gasteiger partial charge on any atom is -0.192 e. The van der Waals surface area contributed by atoms with Gasteiger partial charge in [0.1, 0.15) is 23.8 Å². The van der Waals surface area contributed by atoms with E-state index in [1.807, 2.05) is 24.5 Å². The van der Waals surface area contributed by atoms with Crippen LogP contribution in [0.25, 0.3) is 15.3 Å². The van der Waals surface area contributed by atoms with E-state index >= 15 is 0 Å². The number of thiophene rings is 2. The van der Waals surface area contributed by atoms with E-state index < -0.39 is 0 Å². The van der Waals surface area contributed by atoms with Gasteiger partial charge in [0.2, 0.25) is 0 Å². The number of hydrogen-bond acceptors (Lipinski definition) is 6. The summed E-state index contributed by atoms with van der Waals surface area (Å²) < 4.78 is 1.22. The molecule has 0 aliphatic carbocycles. The van der Waals surface area contributed by atoms with Crippen LogP contribution in [0.2, 0.25) is 0 Å². The number of thioether (sulfide) groups is 1. The second kappa shape index (κ2) is 6.41. The Kier molecular flexibility index (Phi) is 4.61. The molecule has 2 rings (SSSR count). The van der Waals surface area contributed by atoms with Crippen LogP contribution in [0.5, 0.6) is 0 Å². The third-order valence-corrected chi connectivity index (χ3v) is 5.93. The normalized spacial score (nSPS) is 9.30. The molecule has 3 nitrogen and oxygen atoms in total. The Morgan fingerprint density at radius 3 is 2.15 bits per heavy atom. The van der Waals surface area contributed by atoms with Gasteiger partial charge in [-0.2, -0.15) is 15.8 Å². The highest BCUT2D eigenvalue weighted by Gasteiger charge is 2.13. The summed E-state index contributed by atoms with van der Waals surface area (Å²) >= 11 is 4.79. The smallest absolute Gasteiger partial charge is 0.148 e. The Morgan fingerprint density at radius 1 is 0.950 bits per heavy atom. The summed E-state index contributed by atoms with van der Waals surface area (Å²) in [6.45, 7) is 0. The summed E-state index contributed by atoms with van der Waals surface area (Å²) in [5, 5.41) is 26.9. The van der Waals surface area contributed by atoms with E-state index in [4.69, 9.17) is 15.8 Å². The Bertz CT molecular complexity index is 775. The maximum absolute atomic E-state index is 9.13. The summed E-state index contributed by atoms with van der Waals surface area (Å²) in [6, 6.07) is 13.3. The average molecular weight is 313 g/mol. The molecule has 0 saturated heterocycles. The maximum atomic E-state index is 9.13. The molecule has 2 heterocycles. The van der Waals surface area contributed by atoms with Gasteiger partial charge in [0.25, 0.3) is 0 Å². The molecule has 0 N–H and O–H groups in total. The van der Waals surface area contributed by atoms with Gasteiger partial charge in [0.05, 0.1) is 9.78 Å². The van der Waals surface area contributed by atoms with Crippen LogP contribution in [0, 0.1) is 34.0 Å². The molecule has 0 aliphatic rings. The predicted octanol–water partition coefficient (Wildman–Crippen LogP) is 4.52. The van der Waals surface area contributed by atoms with Crippen molar-refractivity contribution in [1.29, 1.82) is 15.8 Å². The molecular weight excluding hydrogens is 306 g/mol. The van der Waals surface area contributed by atoms with Gasteiger partial charge in [-0.1, -0.05) is 0 Å². The Morgan fingerprint density at radius 2 is 1.60 bits per heavy atom. The first-order valence-corrected chi connectivity index (χ1v) is 8.28. The summed E-state index contributed by atoms with van der Waals surface area (Å²) in [5.41, 5.74) is 0.00442. The van der Waals surface area contributed by atoms with Crippen LogP contribution in [0.1, 0.15) is 4.88 Å². The molecule has 0 spiro atoms. The highest BCUT2D eigenvalue weighted by Crippen LogP contribution is 2.38. The molecule has 0 saturated carbocycles. The number of nitrogens with zero attached hydrogens (tertiary/aromatic N) is 3. The third-order valence-electron chi connectivity index (χ3n) is 2.46. The molecule has 0 amide bonds. The first kappa shape index (κ1) is 14.4. The van der Waals surface area contributed by atoms with E-state index in [1.165, 1.54) is 15.5 Å². The van der Waals surface area contributed by atoms with Crippen LogP contribution in [0.4, 0.5) is 0 Å². The Balaban J connectivity index is 2.44. The quantitative estimate of drug-likeness (QED) is 0.617. The number of rotatable bonds is 3. The fraction of sp³-hybridized carbons (Fsp3) is 0.0714. The van der Waals surface area contributed by atoms with Crippen molar-refractivity contribution in [3.8, 4) is 28.0 Å². The van der Waals surface area contributed by atoms with Gasteiger partial charge in [0.15, 0.2) is 0 Å². The van der Waals surface area contributed by atoms with Crippen LogP contribution in [-0.4, -0.2) is 6.26 Å². The van der Waals surface area contributed by atoms with Crippen LogP contribution < -0.4 is 0 Å². The molecule has 0 radical (unpaired) electrons. The van der Waals surface area contributed by atoms with Crippen molar-refractivity contribution in [1.82, 2.24) is 0 Å². The summed E-state index contributed by atoms with van der Waals surface area (Å²) in [7, 11) is 0. The lowest BCUT2D eigenvalue weighted by molar-refractivity contribution is 1.46. The van der Waals surface area contributed by atoms with E-state index in [9.17, 15) is 0 Å². The highest BCUT2D eigenvalue weighted by atomic mass is 32.2. The molecular formula is C14H7N3S3. The van der Waals surface area contributed by atoms with Crippen molar-refractivity contribution in [2.75, 3.05) is 6.26 Å². The molecule has 0 aromatic carbocycles. The Hall–Kier alpha value is -2.04. The fourth-order valence-electron chi connectivity index (χ4n) is 1.54. The fourth-order valence-corrected chi connectivity index (χ4v) is 4.18. The molecule has 2 aromatic heterocycles. The average Bonchev–Trinajstić information content (AvgIpc) is 3.12. The third kappa shape index (κ3) is 2.76. The van der Waals surface area contributed by atoms with Crippen molar-refractivity contribution in [3.05, 3.63) is 34.7 Å². The van der Waals surface area contributed by atoms with Crippen molar-refractivity contribution in [2.45, 2.75) is 4.21 Å². The van der Waals surface area contributed by atoms with Crippen molar-refractivity contribution < 1.29 is 0 Å². The minimum atomic E-state index is -0.142. The van der Waals surface area contributed by atoms with Gasteiger partial charge >= 0.3 is 0 Å². The molecule has 0 aliphatic heterocycles. The summed E-state index contributed by atoms with van der Waals surface area (Å²) in [4.78, 5) is 2.81. The minimum absolute atomic E-state index is 0.142. The molecule has 96 valence electrons.